The van der Waals surface area contributed by atoms with Crippen LogP contribution in [0.25, 0.3) is 0 Å². The van der Waals surface area contributed by atoms with Crippen molar-refractivity contribution in [1.29, 1.82) is 0 Å². The number of hydrogen-bond acceptors (Lipinski definition) is 3. The predicted molar refractivity (Wildman–Crippen MR) is 36.6 cm³/mol. The maximum atomic E-state index is 9.12. The molecule has 0 saturated heterocycles. The van der Waals surface area contributed by atoms with Crippen LogP contribution in [0.5, 0.6) is 0 Å². The van der Waals surface area contributed by atoms with Crippen molar-refractivity contribution in [3.05, 3.63) is 24.0 Å². The summed E-state index contributed by atoms with van der Waals surface area (Å²) in [5.41, 5.74) is 1.82. The minimum absolute atomic E-state index is 0.499. The van der Waals surface area contributed by atoms with E-state index in [2.05, 4.69) is 4.98 Å². The Kier molecular flexibility index (Phi) is 1.22. The maximum absolute atomic E-state index is 9.12. The molecule has 1 aromatic rings. The van der Waals surface area contributed by atoms with E-state index in [1.807, 2.05) is 6.07 Å². The summed E-state index contributed by atoms with van der Waals surface area (Å²) in [5.74, 6) is 0. The molecule has 0 atom stereocenters. The van der Waals surface area contributed by atoms with Crippen LogP contribution in [0.15, 0.2) is 18.5 Å². The zero-order valence-corrected chi connectivity index (χ0v) is 5.32. The van der Waals surface area contributed by atoms with Gasteiger partial charge in [0.05, 0.1) is 6.61 Å². The van der Waals surface area contributed by atoms with Gasteiger partial charge in [-0.1, -0.05) is 0 Å². The molecule has 3 nitrogen and oxygen atoms in total. The Morgan fingerprint density at radius 1 is 1.70 bits per heavy atom. The van der Waals surface area contributed by atoms with Crippen LogP contribution in [0.4, 0.5) is 0 Å². The van der Waals surface area contributed by atoms with Crippen molar-refractivity contribution in [3.63, 3.8) is 0 Å². The first-order chi connectivity index (χ1) is 4.88. The van der Waals surface area contributed by atoms with E-state index >= 15 is 0 Å². The molecule has 0 radical (unpaired) electrons. The molecule has 0 bridgehead atoms. The molecule has 1 aromatic heterocycles. The number of pyridine rings is 1. The van der Waals surface area contributed by atoms with Gasteiger partial charge in [0.25, 0.3) is 0 Å². The number of rotatable bonds is 0. The van der Waals surface area contributed by atoms with Gasteiger partial charge in [0.2, 0.25) is 0 Å². The molecule has 1 aliphatic rings. The van der Waals surface area contributed by atoms with Crippen molar-refractivity contribution in [3.8, 4) is 0 Å². The summed E-state index contributed by atoms with van der Waals surface area (Å²) < 4.78 is 4.94. The molecule has 0 spiro atoms. The van der Waals surface area contributed by atoms with E-state index in [1.165, 1.54) is 0 Å². The van der Waals surface area contributed by atoms with Gasteiger partial charge >= 0.3 is 7.12 Å². The first kappa shape index (κ1) is 5.89. The molecule has 1 N–H and O–H groups in total. The molecule has 50 valence electrons. The molecule has 0 saturated carbocycles. The summed E-state index contributed by atoms with van der Waals surface area (Å²) in [6, 6.07) is 1.85. The average molecular weight is 135 g/mol. The number of nitrogens with zero attached hydrogens (tertiary/aromatic N) is 1. The zero-order chi connectivity index (χ0) is 6.97. The first-order valence-electron chi connectivity index (χ1n) is 3.10. The highest BCUT2D eigenvalue weighted by atomic mass is 16.5. The van der Waals surface area contributed by atoms with Gasteiger partial charge in [0.1, 0.15) is 0 Å². The molecule has 0 aliphatic carbocycles. The minimum Gasteiger partial charge on any atom is -0.423 e. The largest absolute Gasteiger partial charge is 0.493 e. The van der Waals surface area contributed by atoms with E-state index in [4.69, 9.17) is 9.68 Å². The highest BCUT2D eigenvalue weighted by molar-refractivity contribution is 6.61. The summed E-state index contributed by atoms with van der Waals surface area (Å²) in [4.78, 5) is 3.87. The molecule has 2 heterocycles. The lowest BCUT2D eigenvalue weighted by Crippen LogP contribution is -2.28. The quantitative estimate of drug-likeness (QED) is 0.478. The summed E-state index contributed by atoms with van der Waals surface area (Å²) in [6.45, 7) is 0.499. The van der Waals surface area contributed by atoms with Gasteiger partial charge < -0.3 is 9.68 Å². The van der Waals surface area contributed by atoms with Gasteiger partial charge in [-0.2, -0.15) is 0 Å². The van der Waals surface area contributed by atoms with Crippen LogP contribution in [0.3, 0.4) is 0 Å². The third kappa shape index (κ3) is 0.733. The Balaban J connectivity index is 2.51. The normalized spacial score (nSPS) is 15.5. The zero-order valence-electron chi connectivity index (χ0n) is 5.32. The molecule has 0 fully saturated rings. The van der Waals surface area contributed by atoms with Crippen LogP contribution in [-0.4, -0.2) is 17.1 Å². The fraction of sp³-hybridized carbons (Fsp3) is 0.167. The second-order valence-electron chi connectivity index (χ2n) is 2.24. The lowest BCUT2D eigenvalue weighted by atomic mass is 9.81. The van der Waals surface area contributed by atoms with Crippen molar-refractivity contribution in [1.82, 2.24) is 4.98 Å². The van der Waals surface area contributed by atoms with Gasteiger partial charge in [0.15, 0.2) is 0 Å². The Labute approximate surface area is 58.8 Å². The smallest absolute Gasteiger partial charge is 0.423 e. The Bertz CT molecular complexity index is 253. The molecule has 0 unspecified atom stereocenters. The number of fused-ring (bicyclic) bond motifs is 1. The van der Waals surface area contributed by atoms with E-state index in [0.717, 1.165) is 11.0 Å². The van der Waals surface area contributed by atoms with Crippen LogP contribution < -0.4 is 5.46 Å². The first-order valence-corrected chi connectivity index (χ1v) is 3.10. The van der Waals surface area contributed by atoms with Crippen LogP contribution in [0.1, 0.15) is 5.56 Å². The van der Waals surface area contributed by atoms with Gasteiger partial charge in [-0.15, -0.1) is 0 Å². The number of hydrogen-bond donors (Lipinski definition) is 1. The van der Waals surface area contributed by atoms with Crippen LogP contribution in [0.2, 0.25) is 0 Å². The molecular weight excluding hydrogens is 129 g/mol. The van der Waals surface area contributed by atoms with Gasteiger partial charge in [-0.3, -0.25) is 4.98 Å². The third-order valence-electron chi connectivity index (χ3n) is 1.61. The standard InChI is InChI=1S/C6H6BNO2/c9-7-6-3-8-2-1-5(6)4-10-7/h1-3,9H,4H2. The summed E-state index contributed by atoms with van der Waals surface area (Å²) >= 11 is 0. The van der Waals surface area contributed by atoms with Crippen LogP contribution >= 0.6 is 0 Å². The molecule has 0 amide bonds. The second-order valence-corrected chi connectivity index (χ2v) is 2.24. The topological polar surface area (TPSA) is 42.4 Å². The summed E-state index contributed by atoms with van der Waals surface area (Å²) in [6.07, 6.45) is 3.33. The van der Waals surface area contributed by atoms with Crippen molar-refractivity contribution >= 4 is 12.6 Å². The van der Waals surface area contributed by atoms with E-state index in [1.54, 1.807) is 12.4 Å². The third-order valence-corrected chi connectivity index (χ3v) is 1.61. The highest BCUT2D eigenvalue weighted by Crippen LogP contribution is 2.06. The monoisotopic (exact) mass is 135 g/mol. The van der Waals surface area contributed by atoms with Gasteiger partial charge in [-0.05, 0) is 11.6 Å². The highest BCUT2D eigenvalue weighted by Gasteiger charge is 2.26. The molecule has 0 aromatic carbocycles. The summed E-state index contributed by atoms with van der Waals surface area (Å²) in [5, 5.41) is 9.12. The molecule has 1 aliphatic heterocycles. The van der Waals surface area contributed by atoms with Gasteiger partial charge in [-0.25, -0.2) is 0 Å². The van der Waals surface area contributed by atoms with E-state index < -0.39 is 7.12 Å². The van der Waals surface area contributed by atoms with Crippen molar-refractivity contribution < 1.29 is 9.68 Å². The molecular formula is C6H6BNO2. The van der Waals surface area contributed by atoms with Crippen LogP contribution in [0, 0.1) is 0 Å². The minimum atomic E-state index is -0.760. The Morgan fingerprint density at radius 3 is 3.40 bits per heavy atom. The molecule has 2 rings (SSSR count). The lowest BCUT2D eigenvalue weighted by Gasteiger charge is -1.92. The SMILES string of the molecule is OB1OCc2ccncc21. The predicted octanol–water partition coefficient (Wildman–Crippen LogP) is -0.701. The van der Waals surface area contributed by atoms with E-state index in [-0.39, 0.29) is 0 Å². The van der Waals surface area contributed by atoms with Crippen molar-refractivity contribution in [2.45, 2.75) is 6.61 Å². The van der Waals surface area contributed by atoms with E-state index in [0.29, 0.717) is 6.61 Å². The second kappa shape index (κ2) is 2.07. The van der Waals surface area contributed by atoms with Crippen molar-refractivity contribution in [2.24, 2.45) is 0 Å². The fourth-order valence-electron chi connectivity index (χ4n) is 1.05. The Morgan fingerprint density at radius 2 is 2.60 bits per heavy atom. The molecule has 10 heavy (non-hydrogen) atoms. The van der Waals surface area contributed by atoms with Crippen molar-refractivity contribution in [2.75, 3.05) is 0 Å². The maximum Gasteiger partial charge on any atom is 0.493 e. The van der Waals surface area contributed by atoms with Gasteiger partial charge in [0, 0.05) is 17.9 Å². The number of aromatic nitrogens is 1. The lowest BCUT2D eigenvalue weighted by molar-refractivity contribution is 0.275. The average Bonchev–Trinajstić information content (AvgIpc) is 2.34. The molecule has 4 heteroatoms. The van der Waals surface area contributed by atoms with E-state index in [9.17, 15) is 0 Å². The fourth-order valence-corrected chi connectivity index (χ4v) is 1.05. The van der Waals surface area contributed by atoms with Crippen LogP contribution in [-0.2, 0) is 11.3 Å². The summed E-state index contributed by atoms with van der Waals surface area (Å²) in [7, 11) is -0.760. The Hall–Kier alpha value is -0.865.